The van der Waals surface area contributed by atoms with E-state index in [0.29, 0.717) is 41.9 Å². The first-order valence-corrected chi connectivity index (χ1v) is 9.62. The van der Waals surface area contributed by atoms with Crippen molar-refractivity contribution in [2.45, 2.75) is 51.2 Å². The van der Waals surface area contributed by atoms with Crippen LogP contribution < -0.4 is 9.47 Å². The van der Waals surface area contributed by atoms with Crippen LogP contribution in [0.2, 0.25) is 0 Å². The largest absolute Gasteiger partial charge is 0.573 e. The number of alkyl halides is 3. The lowest BCUT2D eigenvalue weighted by Crippen LogP contribution is -2.29. The number of benzene rings is 2. The van der Waals surface area contributed by atoms with Gasteiger partial charge < -0.3 is 19.3 Å². The number of carboxylic acid groups (broad SMARTS) is 1. The van der Waals surface area contributed by atoms with Gasteiger partial charge >= 0.3 is 12.3 Å². The Hall–Kier alpha value is -2.74. The summed E-state index contributed by atoms with van der Waals surface area (Å²) in [4.78, 5) is 11.2. The van der Waals surface area contributed by atoms with E-state index in [2.05, 4.69) is 4.74 Å². The van der Waals surface area contributed by atoms with Gasteiger partial charge in [-0.15, -0.1) is 13.2 Å². The van der Waals surface area contributed by atoms with Crippen molar-refractivity contribution in [2.24, 2.45) is 0 Å². The fourth-order valence-electron chi connectivity index (χ4n) is 3.82. The average Bonchev–Trinajstić information content (AvgIpc) is 3.05. The van der Waals surface area contributed by atoms with Gasteiger partial charge in [-0.3, -0.25) is 4.79 Å². The van der Waals surface area contributed by atoms with Gasteiger partial charge in [0.05, 0.1) is 6.42 Å². The molecule has 162 valence electrons. The van der Waals surface area contributed by atoms with E-state index in [0.717, 1.165) is 0 Å². The summed E-state index contributed by atoms with van der Waals surface area (Å²) >= 11 is 0. The first kappa shape index (κ1) is 22.0. The van der Waals surface area contributed by atoms with Gasteiger partial charge in [0.1, 0.15) is 23.2 Å². The Morgan fingerprint density at radius 1 is 1.17 bits per heavy atom. The number of ether oxygens (including phenoxy) is 3. The Labute approximate surface area is 172 Å². The number of rotatable bonds is 8. The van der Waals surface area contributed by atoms with E-state index in [9.17, 15) is 23.1 Å². The fraction of sp³-hybridized carbons (Fsp3) is 0.409. The van der Waals surface area contributed by atoms with Crippen LogP contribution in [0.1, 0.15) is 49.5 Å². The van der Waals surface area contributed by atoms with Crippen LogP contribution in [0, 0.1) is 0 Å². The highest BCUT2D eigenvalue weighted by Crippen LogP contribution is 2.41. The molecule has 2 atom stereocenters. The normalized spacial score (nSPS) is 17.8. The Morgan fingerprint density at radius 2 is 1.87 bits per heavy atom. The number of halogens is 3. The predicted octanol–water partition coefficient (Wildman–Crippen LogP) is 5.38. The van der Waals surface area contributed by atoms with Gasteiger partial charge in [0, 0.05) is 12.2 Å². The highest BCUT2D eigenvalue weighted by Gasteiger charge is 2.35. The zero-order valence-electron chi connectivity index (χ0n) is 16.7. The quantitative estimate of drug-likeness (QED) is 0.617. The Bertz CT molecular complexity index is 895. The molecule has 0 spiro atoms. The molecule has 0 heterocycles. The molecule has 0 saturated carbocycles. The summed E-state index contributed by atoms with van der Waals surface area (Å²) in [7, 11) is 0. The molecule has 1 N–H and O–H groups in total. The second kappa shape index (κ2) is 8.55. The molecule has 1 aliphatic carbocycles. The van der Waals surface area contributed by atoms with Crippen molar-refractivity contribution < 1.29 is 37.3 Å². The van der Waals surface area contributed by atoms with Gasteiger partial charge in [-0.1, -0.05) is 24.3 Å². The smallest absolute Gasteiger partial charge is 0.486 e. The topological polar surface area (TPSA) is 65.0 Å². The molecule has 8 heteroatoms. The van der Waals surface area contributed by atoms with Gasteiger partial charge in [-0.05, 0) is 56.0 Å². The highest BCUT2D eigenvalue weighted by atomic mass is 19.4. The molecule has 0 unspecified atom stereocenters. The van der Waals surface area contributed by atoms with Crippen LogP contribution in [-0.4, -0.2) is 24.0 Å². The fourth-order valence-corrected chi connectivity index (χ4v) is 3.82. The zero-order chi connectivity index (χ0) is 21.9. The Kier molecular flexibility index (Phi) is 6.26. The molecule has 0 saturated heterocycles. The average molecular weight is 424 g/mol. The summed E-state index contributed by atoms with van der Waals surface area (Å²) in [6.45, 7) is 3.88. The molecule has 0 amide bonds. The second-order valence-electron chi connectivity index (χ2n) is 7.28. The third-order valence-corrected chi connectivity index (χ3v) is 5.09. The van der Waals surface area contributed by atoms with Crippen molar-refractivity contribution in [1.82, 2.24) is 0 Å². The van der Waals surface area contributed by atoms with E-state index in [1.54, 1.807) is 44.2 Å². The number of carbonyl (C=O) groups is 1. The maximum atomic E-state index is 12.6. The molecule has 0 aliphatic heterocycles. The molecule has 30 heavy (non-hydrogen) atoms. The van der Waals surface area contributed by atoms with Crippen LogP contribution in [0.3, 0.4) is 0 Å². The first-order valence-electron chi connectivity index (χ1n) is 9.62. The Balaban J connectivity index is 1.76. The lowest BCUT2D eigenvalue weighted by molar-refractivity contribution is -0.274. The molecule has 3 rings (SSSR count). The summed E-state index contributed by atoms with van der Waals surface area (Å²) in [5.41, 5.74) is 0.905. The molecular weight excluding hydrogens is 401 g/mol. The predicted molar refractivity (Wildman–Crippen MR) is 102 cm³/mol. The molecule has 5 nitrogen and oxygen atoms in total. The van der Waals surface area contributed by atoms with Gasteiger partial charge in [-0.2, -0.15) is 0 Å². The van der Waals surface area contributed by atoms with E-state index >= 15 is 0 Å². The van der Waals surface area contributed by atoms with Crippen molar-refractivity contribution in [1.29, 1.82) is 0 Å². The minimum atomic E-state index is -4.74. The molecule has 0 radical (unpaired) electrons. The van der Waals surface area contributed by atoms with E-state index in [1.165, 1.54) is 12.1 Å². The highest BCUT2D eigenvalue weighted by molar-refractivity contribution is 5.68. The minimum Gasteiger partial charge on any atom is -0.486 e. The summed E-state index contributed by atoms with van der Waals surface area (Å²) in [5.74, 6) is -0.624. The molecule has 1 aliphatic rings. The van der Waals surface area contributed by atoms with E-state index < -0.39 is 17.9 Å². The summed E-state index contributed by atoms with van der Waals surface area (Å²) in [5, 5.41) is 9.18. The number of hydrogen-bond acceptors (Lipinski definition) is 4. The molecule has 2 aromatic rings. The Morgan fingerprint density at radius 3 is 2.47 bits per heavy atom. The summed E-state index contributed by atoms with van der Waals surface area (Å²) in [6.07, 6.45) is -4.36. The maximum Gasteiger partial charge on any atom is 0.573 e. The van der Waals surface area contributed by atoms with E-state index in [4.69, 9.17) is 9.47 Å². The van der Waals surface area contributed by atoms with E-state index in [1.807, 2.05) is 0 Å². The second-order valence-corrected chi connectivity index (χ2v) is 7.28. The minimum absolute atomic E-state index is 0.182. The van der Waals surface area contributed by atoms with Crippen LogP contribution >= 0.6 is 0 Å². The lowest BCUT2D eigenvalue weighted by atomic mass is 9.92. The molecule has 0 aromatic heterocycles. The third-order valence-electron chi connectivity index (χ3n) is 5.09. The van der Waals surface area contributed by atoms with Crippen molar-refractivity contribution in [2.75, 3.05) is 6.61 Å². The van der Waals surface area contributed by atoms with Crippen LogP contribution in [-0.2, 0) is 21.6 Å². The number of aliphatic carboxylic acids is 1. The molecular formula is C22H23F3O5. The lowest BCUT2D eigenvalue weighted by Gasteiger charge is -2.28. The van der Waals surface area contributed by atoms with Gasteiger partial charge in [0.25, 0.3) is 0 Å². The SMILES string of the molecule is CCO[C@@](C)(CC(=O)O)c1ccc(O[C@@H]2CCc3c(OC(F)(F)F)cccc32)cc1. The van der Waals surface area contributed by atoms with Crippen LogP contribution in [0.15, 0.2) is 42.5 Å². The third kappa shape index (κ3) is 5.05. The van der Waals surface area contributed by atoms with Crippen LogP contribution in [0.4, 0.5) is 13.2 Å². The standard InChI is InChI=1S/C22H23F3O5/c1-3-28-21(2,13-20(26)27)14-7-9-15(10-8-14)29-18-12-11-17-16(18)5-4-6-19(17)30-22(23,24)25/h4-10,18H,3,11-13H2,1-2H3,(H,26,27)/t18-,21+/m1/s1. The molecule has 0 bridgehead atoms. The van der Waals surface area contributed by atoms with Gasteiger partial charge in [0.15, 0.2) is 0 Å². The number of hydrogen-bond donors (Lipinski definition) is 1. The maximum absolute atomic E-state index is 12.6. The van der Waals surface area contributed by atoms with Crippen molar-refractivity contribution in [3.63, 3.8) is 0 Å². The first-order chi connectivity index (χ1) is 14.1. The van der Waals surface area contributed by atoms with Crippen molar-refractivity contribution >= 4 is 5.97 Å². The summed E-state index contributed by atoms with van der Waals surface area (Å²) in [6, 6.07) is 11.5. The van der Waals surface area contributed by atoms with Gasteiger partial charge in [-0.25, -0.2) is 0 Å². The number of fused-ring (bicyclic) bond motifs is 1. The number of carboxylic acids is 1. The molecule has 2 aromatic carbocycles. The van der Waals surface area contributed by atoms with Crippen molar-refractivity contribution in [3.8, 4) is 11.5 Å². The van der Waals surface area contributed by atoms with Crippen LogP contribution in [0.5, 0.6) is 11.5 Å². The van der Waals surface area contributed by atoms with Crippen molar-refractivity contribution in [3.05, 3.63) is 59.2 Å². The monoisotopic (exact) mass is 424 g/mol. The molecule has 0 fully saturated rings. The van der Waals surface area contributed by atoms with Crippen LogP contribution in [0.25, 0.3) is 0 Å². The van der Waals surface area contributed by atoms with E-state index in [-0.39, 0.29) is 18.3 Å². The van der Waals surface area contributed by atoms with Gasteiger partial charge in [0.2, 0.25) is 0 Å². The summed E-state index contributed by atoms with van der Waals surface area (Å²) < 4.78 is 53.7. The zero-order valence-corrected chi connectivity index (χ0v) is 16.7.